The average Bonchev–Trinajstić information content (AvgIpc) is 2.57. The van der Waals surface area contributed by atoms with Gasteiger partial charge in [0.2, 0.25) is 5.91 Å². The number of carbonyl (C=O) groups is 2. The Bertz CT molecular complexity index is 295. The first-order chi connectivity index (χ1) is 7.44. The first-order valence-corrected chi connectivity index (χ1v) is 6.62. The summed E-state index contributed by atoms with van der Waals surface area (Å²) in [6.45, 7) is 5.94. The fraction of sp³-hybridized carbons (Fsp3) is 0.818. The molecular formula is C11H19NO3S. The van der Waals surface area contributed by atoms with Crippen molar-refractivity contribution in [3.63, 3.8) is 0 Å². The standard InChI is InChI=1S/C11H19NO3S/c1-4-5-12(9(3)13)11(10(14)15)6-8(2)16-7-11/h8H,4-7H2,1-3H3,(H,14,15). The quantitative estimate of drug-likeness (QED) is 0.817. The van der Waals surface area contributed by atoms with Crippen molar-refractivity contribution < 1.29 is 14.7 Å². The number of hydrogen-bond acceptors (Lipinski definition) is 3. The molecule has 1 N–H and O–H groups in total. The Hall–Kier alpha value is -0.710. The molecule has 0 spiro atoms. The number of carboxylic acid groups (broad SMARTS) is 1. The number of thioether (sulfide) groups is 1. The van der Waals surface area contributed by atoms with Gasteiger partial charge in [-0.05, 0) is 12.8 Å². The summed E-state index contributed by atoms with van der Waals surface area (Å²) in [6.07, 6.45) is 1.33. The molecule has 0 aromatic heterocycles. The van der Waals surface area contributed by atoms with Crippen molar-refractivity contribution in [3.8, 4) is 0 Å². The molecule has 0 radical (unpaired) electrons. The highest BCUT2D eigenvalue weighted by atomic mass is 32.2. The predicted molar refractivity (Wildman–Crippen MR) is 64.6 cm³/mol. The van der Waals surface area contributed by atoms with Gasteiger partial charge in [0.15, 0.2) is 5.54 Å². The Kier molecular flexibility index (Phi) is 4.24. The van der Waals surface area contributed by atoms with Crippen molar-refractivity contribution in [2.75, 3.05) is 12.3 Å². The Balaban J connectivity index is 2.99. The number of carbonyl (C=O) groups excluding carboxylic acids is 1. The van der Waals surface area contributed by atoms with Crippen LogP contribution in [0, 0.1) is 0 Å². The number of nitrogens with zero attached hydrogens (tertiary/aromatic N) is 1. The third-order valence-corrected chi connectivity index (χ3v) is 4.35. The molecule has 1 heterocycles. The normalized spacial score (nSPS) is 29.1. The van der Waals surface area contributed by atoms with Gasteiger partial charge >= 0.3 is 5.97 Å². The summed E-state index contributed by atoms with van der Waals surface area (Å²) in [5.74, 6) is -0.504. The van der Waals surface area contributed by atoms with Crippen molar-refractivity contribution >= 4 is 23.6 Å². The van der Waals surface area contributed by atoms with Crippen LogP contribution in [0.2, 0.25) is 0 Å². The molecule has 2 unspecified atom stereocenters. The Morgan fingerprint density at radius 1 is 1.56 bits per heavy atom. The topological polar surface area (TPSA) is 57.6 Å². The number of aliphatic carboxylic acids is 1. The molecule has 0 bridgehead atoms. The summed E-state index contributed by atoms with van der Waals surface area (Å²) in [5.41, 5.74) is -0.980. The number of hydrogen-bond donors (Lipinski definition) is 1. The van der Waals surface area contributed by atoms with Gasteiger partial charge in [-0.25, -0.2) is 4.79 Å². The second-order valence-corrected chi connectivity index (χ2v) is 5.76. The maximum atomic E-state index is 11.6. The molecule has 5 heteroatoms. The fourth-order valence-corrected chi connectivity index (χ4v) is 3.57. The molecule has 0 aromatic carbocycles. The largest absolute Gasteiger partial charge is 0.479 e. The first-order valence-electron chi connectivity index (χ1n) is 5.57. The van der Waals surface area contributed by atoms with E-state index in [1.807, 2.05) is 13.8 Å². The molecule has 1 saturated heterocycles. The first kappa shape index (κ1) is 13.4. The molecule has 1 aliphatic heterocycles. The lowest BCUT2D eigenvalue weighted by atomic mass is 9.93. The van der Waals surface area contributed by atoms with Gasteiger partial charge in [-0.2, -0.15) is 11.8 Å². The van der Waals surface area contributed by atoms with Crippen LogP contribution in [0.25, 0.3) is 0 Å². The van der Waals surface area contributed by atoms with Gasteiger partial charge < -0.3 is 10.0 Å². The SMILES string of the molecule is CCCN(C(C)=O)C1(C(=O)O)CSC(C)C1. The van der Waals surface area contributed by atoms with E-state index < -0.39 is 11.5 Å². The smallest absolute Gasteiger partial charge is 0.330 e. The zero-order valence-electron chi connectivity index (χ0n) is 10.0. The highest BCUT2D eigenvalue weighted by molar-refractivity contribution is 8.00. The van der Waals surface area contributed by atoms with Crippen molar-refractivity contribution in [2.24, 2.45) is 0 Å². The summed E-state index contributed by atoms with van der Waals surface area (Å²) in [4.78, 5) is 24.6. The predicted octanol–water partition coefficient (Wildman–Crippen LogP) is 1.59. The summed E-state index contributed by atoms with van der Waals surface area (Å²) in [5, 5.41) is 9.72. The minimum atomic E-state index is -0.980. The van der Waals surface area contributed by atoms with E-state index in [2.05, 4.69) is 0 Å². The summed E-state index contributed by atoms with van der Waals surface area (Å²) in [7, 11) is 0. The number of amides is 1. The second-order valence-electron chi connectivity index (χ2n) is 4.33. The van der Waals surface area contributed by atoms with Gasteiger partial charge in [-0.15, -0.1) is 0 Å². The molecule has 16 heavy (non-hydrogen) atoms. The lowest BCUT2D eigenvalue weighted by Crippen LogP contribution is -2.57. The van der Waals surface area contributed by atoms with E-state index >= 15 is 0 Å². The second kappa shape index (κ2) is 5.08. The van der Waals surface area contributed by atoms with E-state index in [9.17, 15) is 14.7 Å². The molecule has 1 rings (SSSR count). The molecular weight excluding hydrogens is 226 g/mol. The Labute approximate surface area is 100 Å². The summed E-state index contributed by atoms with van der Waals surface area (Å²) < 4.78 is 0. The van der Waals surface area contributed by atoms with E-state index in [1.165, 1.54) is 11.8 Å². The van der Waals surface area contributed by atoms with Crippen molar-refractivity contribution in [3.05, 3.63) is 0 Å². The minimum Gasteiger partial charge on any atom is -0.479 e. The maximum Gasteiger partial charge on any atom is 0.330 e. The summed E-state index contributed by atoms with van der Waals surface area (Å²) in [6, 6.07) is 0. The van der Waals surface area contributed by atoms with Crippen LogP contribution in [-0.2, 0) is 9.59 Å². The minimum absolute atomic E-state index is 0.140. The number of carboxylic acids is 1. The highest BCUT2D eigenvalue weighted by Crippen LogP contribution is 2.39. The molecule has 92 valence electrons. The Morgan fingerprint density at radius 3 is 2.50 bits per heavy atom. The monoisotopic (exact) mass is 245 g/mol. The zero-order chi connectivity index (χ0) is 12.3. The van der Waals surface area contributed by atoms with Gasteiger partial charge in [0, 0.05) is 24.5 Å². The van der Waals surface area contributed by atoms with Crippen molar-refractivity contribution in [1.29, 1.82) is 0 Å². The number of rotatable bonds is 4. The van der Waals surface area contributed by atoms with Crippen LogP contribution in [0.5, 0.6) is 0 Å². The van der Waals surface area contributed by atoms with Gasteiger partial charge in [0.05, 0.1) is 0 Å². The molecule has 1 aliphatic rings. The average molecular weight is 245 g/mol. The lowest BCUT2D eigenvalue weighted by molar-refractivity contribution is -0.157. The third-order valence-electron chi connectivity index (χ3n) is 2.97. The molecule has 2 atom stereocenters. The Morgan fingerprint density at radius 2 is 2.19 bits per heavy atom. The molecule has 0 aliphatic carbocycles. The van der Waals surface area contributed by atoms with E-state index in [-0.39, 0.29) is 5.91 Å². The fourth-order valence-electron chi connectivity index (χ4n) is 2.22. The van der Waals surface area contributed by atoms with Gasteiger partial charge in [0.1, 0.15) is 0 Å². The van der Waals surface area contributed by atoms with Crippen LogP contribution in [0.3, 0.4) is 0 Å². The molecule has 4 nitrogen and oxygen atoms in total. The molecule has 1 amide bonds. The lowest BCUT2D eigenvalue weighted by Gasteiger charge is -2.36. The zero-order valence-corrected chi connectivity index (χ0v) is 10.8. The van der Waals surface area contributed by atoms with Gasteiger partial charge in [-0.3, -0.25) is 4.79 Å². The molecule has 1 fully saturated rings. The van der Waals surface area contributed by atoms with E-state index in [1.54, 1.807) is 11.8 Å². The van der Waals surface area contributed by atoms with Crippen molar-refractivity contribution in [1.82, 2.24) is 4.90 Å². The van der Waals surface area contributed by atoms with Crippen LogP contribution in [0.4, 0.5) is 0 Å². The van der Waals surface area contributed by atoms with Crippen molar-refractivity contribution in [2.45, 2.75) is 44.4 Å². The van der Waals surface area contributed by atoms with Crippen LogP contribution in [0.15, 0.2) is 0 Å². The van der Waals surface area contributed by atoms with E-state index in [0.717, 1.165) is 6.42 Å². The van der Waals surface area contributed by atoms with Crippen LogP contribution in [0.1, 0.15) is 33.6 Å². The third kappa shape index (κ3) is 2.34. The summed E-state index contributed by atoms with van der Waals surface area (Å²) >= 11 is 1.63. The van der Waals surface area contributed by atoms with E-state index in [0.29, 0.717) is 24.0 Å². The van der Waals surface area contributed by atoms with Crippen LogP contribution in [-0.4, -0.2) is 45.0 Å². The van der Waals surface area contributed by atoms with Gasteiger partial charge in [-0.1, -0.05) is 13.8 Å². The molecule has 0 saturated carbocycles. The highest BCUT2D eigenvalue weighted by Gasteiger charge is 2.50. The van der Waals surface area contributed by atoms with Crippen LogP contribution >= 0.6 is 11.8 Å². The molecule has 0 aromatic rings. The maximum absolute atomic E-state index is 11.6. The van der Waals surface area contributed by atoms with E-state index in [4.69, 9.17) is 0 Å². The van der Waals surface area contributed by atoms with Gasteiger partial charge in [0.25, 0.3) is 0 Å². The van der Waals surface area contributed by atoms with Crippen LogP contribution < -0.4 is 0 Å².